The number of phenols is 1. The summed E-state index contributed by atoms with van der Waals surface area (Å²) in [6.45, 7) is 2.36. The quantitative estimate of drug-likeness (QED) is 0.517. The van der Waals surface area contributed by atoms with Crippen molar-refractivity contribution in [2.75, 3.05) is 18.0 Å². The van der Waals surface area contributed by atoms with Crippen LogP contribution in [-0.4, -0.2) is 24.5 Å². The van der Waals surface area contributed by atoms with E-state index < -0.39 is 5.60 Å². The number of hydrogen-bond acceptors (Lipinski definition) is 4. The van der Waals surface area contributed by atoms with Gasteiger partial charge in [-0.15, -0.1) is 0 Å². The molecule has 0 amide bonds. The van der Waals surface area contributed by atoms with E-state index in [1.807, 2.05) is 12.1 Å². The van der Waals surface area contributed by atoms with Gasteiger partial charge in [0, 0.05) is 30.6 Å². The van der Waals surface area contributed by atoms with Gasteiger partial charge in [0.15, 0.2) is 0 Å². The van der Waals surface area contributed by atoms with E-state index in [-0.39, 0.29) is 17.6 Å². The minimum Gasteiger partial charge on any atom is -0.508 e. The maximum atomic E-state index is 11.1. The number of piperidine rings is 1. The molecule has 1 spiro atoms. The predicted octanol–water partition coefficient (Wildman–Crippen LogP) is 5.70. The second-order valence-electron chi connectivity index (χ2n) is 10.1. The molecule has 1 N–H and O–H groups in total. The van der Waals surface area contributed by atoms with Crippen LogP contribution < -0.4 is 4.90 Å². The minimum atomic E-state index is -0.400. The molecule has 0 saturated carbocycles. The largest absolute Gasteiger partial charge is 0.508 e. The molecule has 2 heterocycles. The Labute approximate surface area is 201 Å². The van der Waals surface area contributed by atoms with Crippen LogP contribution in [0.15, 0.2) is 66.7 Å². The molecule has 1 saturated heterocycles. The molecule has 0 unspecified atom stereocenters. The van der Waals surface area contributed by atoms with Gasteiger partial charge < -0.3 is 19.5 Å². The lowest BCUT2D eigenvalue weighted by Gasteiger charge is -2.48. The Morgan fingerprint density at radius 3 is 2.56 bits per heavy atom. The topological polar surface area (TPSA) is 49.8 Å². The lowest BCUT2D eigenvalue weighted by molar-refractivity contribution is -0.111. The molecule has 34 heavy (non-hydrogen) atoms. The standard InChI is InChI=1S/C30H31NO3/c32-19-21-13-16-31(17-14-21)25-9-7-23(8-10-25)29-27-12-11-26(33)18-24(27)20-34-30(29)15-3-5-22-4-1-2-6-28(22)30/h1-2,4,6-12,18-19,21,29,33H,3,5,13-17,20H2/t29-,30-/m0/s1. The number of hydrogen-bond donors (Lipinski definition) is 1. The summed E-state index contributed by atoms with van der Waals surface area (Å²) in [7, 11) is 0. The van der Waals surface area contributed by atoms with Gasteiger partial charge in [-0.25, -0.2) is 0 Å². The predicted molar refractivity (Wildman–Crippen MR) is 133 cm³/mol. The summed E-state index contributed by atoms with van der Waals surface area (Å²) < 4.78 is 6.80. The van der Waals surface area contributed by atoms with E-state index in [0.29, 0.717) is 6.61 Å². The number of benzene rings is 3. The lowest BCUT2D eigenvalue weighted by Crippen LogP contribution is -2.43. The van der Waals surface area contributed by atoms with Crippen LogP contribution in [0.4, 0.5) is 5.69 Å². The molecule has 1 aliphatic carbocycles. The zero-order valence-electron chi connectivity index (χ0n) is 19.5. The fourth-order valence-corrected chi connectivity index (χ4v) is 6.44. The monoisotopic (exact) mass is 453 g/mol. The van der Waals surface area contributed by atoms with Crippen molar-refractivity contribution in [1.29, 1.82) is 0 Å². The second-order valence-corrected chi connectivity index (χ2v) is 10.1. The summed E-state index contributed by atoms with van der Waals surface area (Å²) in [4.78, 5) is 13.5. The highest BCUT2D eigenvalue weighted by atomic mass is 16.5. The van der Waals surface area contributed by atoms with Crippen molar-refractivity contribution in [1.82, 2.24) is 0 Å². The summed E-state index contributed by atoms with van der Waals surface area (Å²) in [5.41, 5.74) is 7.08. The first kappa shape index (κ1) is 21.4. The number of aldehydes is 1. The van der Waals surface area contributed by atoms with E-state index in [1.165, 1.54) is 27.9 Å². The molecular weight excluding hydrogens is 422 g/mol. The Balaban J connectivity index is 1.42. The molecule has 2 aliphatic heterocycles. The number of nitrogens with zero attached hydrogens (tertiary/aromatic N) is 1. The number of fused-ring (bicyclic) bond motifs is 3. The maximum absolute atomic E-state index is 11.1. The molecule has 174 valence electrons. The van der Waals surface area contributed by atoms with E-state index in [0.717, 1.165) is 57.0 Å². The van der Waals surface area contributed by atoms with Gasteiger partial charge in [0.05, 0.1) is 6.61 Å². The summed E-state index contributed by atoms with van der Waals surface area (Å²) in [6.07, 6.45) is 6.14. The summed E-state index contributed by atoms with van der Waals surface area (Å²) in [5, 5.41) is 10.1. The first-order valence-corrected chi connectivity index (χ1v) is 12.5. The summed E-state index contributed by atoms with van der Waals surface area (Å²) >= 11 is 0. The molecule has 4 nitrogen and oxygen atoms in total. The SMILES string of the molecule is O=CC1CCN(c2ccc([C@H]3c4ccc(O)cc4CO[C@]34CCCc3ccccc34)cc2)CC1. The molecule has 3 aromatic rings. The Hall–Kier alpha value is -3.11. The normalized spacial score (nSPS) is 24.5. The van der Waals surface area contributed by atoms with Gasteiger partial charge in [-0.2, -0.15) is 0 Å². The van der Waals surface area contributed by atoms with Gasteiger partial charge in [-0.3, -0.25) is 0 Å². The van der Waals surface area contributed by atoms with Crippen LogP contribution in [0.25, 0.3) is 0 Å². The number of aromatic hydroxyl groups is 1. The van der Waals surface area contributed by atoms with Gasteiger partial charge in [-0.05, 0) is 84.2 Å². The van der Waals surface area contributed by atoms with Gasteiger partial charge >= 0.3 is 0 Å². The number of anilines is 1. The number of carbonyl (C=O) groups is 1. The zero-order valence-corrected chi connectivity index (χ0v) is 19.5. The fraction of sp³-hybridized carbons (Fsp3) is 0.367. The molecular formula is C30H31NO3. The van der Waals surface area contributed by atoms with Crippen LogP contribution >= 0.6 is 0 Å². The molecule has 0 radical (unpaired) electrons. The lowest BCUT2D eigenvalue weighted by atomic mass is 9.65. The zero-order chi connectivity index (χ0) is 23.1. The Bertz CT molecular complexity index is 1200. The third kappa shape index (κ3) is 3.52. The van der Waals surface area contributed by atoms with Crippen molar-refractivity contribution in [3.05, 3.63) is 94.5 Å². The van der Waals surface area contributed by atoms with E-state index in [9.17, 15) is 9.90 Å². The van der Waals surface area contributed by atoms with Crippen molar-refractivity contribution in [3.63, 3.8) is 0 Å². The average Bonchev–Trinajstić information content (AvgIpc) is 2.89. The summed E-state index contributed by atoms with van der Waals surface area (Å²) in [6, 6.07) is 23.5. The number of phenolic OH excluding ortho intramolecular Hbond substituents is 1. The fourth-order valence-electron chi connectivity index (χ4n) is 6.44. The number of rotatable bonds is 3. The number of carbonyl (C=O) groups excluding carboxylic acids is 1. The molecule has 2 atom stereocenters. The molecule has 3 aliphatic rings. The van der Waals surface area contributed by atoms with Crippen LogP contribution in [0.1, 0.15) is 59.4 Å². The molecule has 6 rings (SSSR count). The third-order valence-corrected chi connectivity index (χ3v) is 8.18. The average molecular weight is 454 g/mol. The second kappa shape index (κ2) is 8.59. The first-order chi connectivity index (χ1) is 16.7. The van der Waals surface area contributed by atoms with Gasteiger partial charge in [-0.1, -0.05) is 42.5 Å². The summed E-state index contributed by atoms with van der Waals surface area (Å²) in [5.74, 6) is 0.553. The van der Waals surface area contributed by atoms with Gasteiger partial charge in [0.1, 0.15) is 17.6 Å². The van der Waals surface area contributed by atoms with Crippen LogP contribution in [-0.2, 0) is 28.2 Å². The molecule has 3 aromatic carbocycles. The van der Waals surface area contributed by atoms with E-state index in [2.05, 4.69) is 59.5 Å². The van der Waals surface area contributed by atoms with Crippen molar-refractivity contribution < 1.29 is 14.6 Å². The smallest absolute Gasteiger partial charge is 0.123 e. The van der Waals surface area contributed by atoms with Crippen molar-refractivity contribution in [2.45, 2.75) is 50.2 Å². The van der Waals surface area contributed by atoms with E-state index in [4.69, 9.17) is 4.74 Å². The first-order valence-electron chi connectivity index (χ1n) is 12.5. The third-order valence-electron chi connectivity index (χ3n) is 8.18. The van der Waals surface area contributed by atoms with Gasteiger partial charge in [0.25, 0.3) is 0 Å². The molecule has 4 heteroatoms. The highest BCUT2D eigenvalue weighted by Gasteiger charge is 2.48. The van der Waals surface area contributed by atoms with Crippen LogP contribution in [0, 0.1) is 5.92 Å². The maximum Gasteiger partial charge on any atom is 0.123 e. The highest BCUT2D eigenvalue weighted by molar-refractivity contribution is 5.57. The number of ether oxygens (including phenoxy) is 1. The molecule has 0 bridgehead atoms. The van der Waals surface area contributed by atoms with E-state index >= 15 is 0 Å². The van der Waals surface area contributed by atoms with Crippen molar-refractivity contribution in [2.24, 2.45) is 5.92 Å². The highest BCUT2D eigenvalue weighted by Crippen LogP contribution is 2.55. The Kier molecular flexibility index (Phi) is 5.41. The van der Waals surface area contributed by atoms with Crippen LogP contribution in [0.5, 0.6) is 5.75 Å². The van der Waals surface area contributed by atoms with Crippen LogP contribution in [0.3, 0.4) is 0 Å². The van der Waals surface area contributed by atoms with Gasteiger partial charge in [0.2, 0.25) is 0 Å². The Morgan fingerprint density at radius 1 is 0.971 bits per heavy atom. The minimum absolute atomic E-state index is 0.0631. The Morgan fingerprint density at radius 2 is 1.76 bits per heavy atom. The van der Waals surface area contributed by atoms with E-state index in [1.54, 1.807) is 0 Å². The van der Waals surface area contributed by atoms with Crippen LogP contribution in [0.2, 0.25) is 0 Å². The van der Waals surface area contributed by atoms with Crippen molar-refractivity contribution >= 4 is 12.0 Å². The molecule has 1 fully saturated rings. The number of aryl methyl sites for hydroxylation is 1. The molecule has 0 aromatic heterocycles. The van der Waals surface area contributed by atoms with Crippen molar-refractivity contribution in [3.8, 4) is 5.75 Å².